The Morgan fingerprint density at radius 3 is 2.54 bits per heavy atom. The molecule has 5 nitrogen and oxygen atoms in total. The molecule has 2 amide bonds. The Labute approximate surface area is 223 Å². The molecule has 1 aliphatic carbocycles. The fourth-order valence-electron chi connectivity index (χ4n) is 5.13. The number of hydrogen-bond acceptors (Lipinski definition) is 2. The molecule has 196 valence electrons. The van der Waals surface area contributed by atoms with E-state index in [4.69, 9.17) is 11.6 Å². The molecule has 0 spiro atoms. The van der Waals surface area contributed by atoms with Crippen LogP contribution in [-0.2, 0) is 17.9 Å². The average molecular weight is 524 g/mol. The highest BCUT2D eigenvalue weighted by Crippen LogP contribution is 2.26. The summed E-state index contributed by atoms with van der Waals surface area (Å²) in [6.07, 6.45) is 8.01. The Morgan fingerprint density at radius 1 is 1.03 bits per heavy atom. The predicted octanol–water partition coefficient (Wildman–Crippen LogP) is 6.54. The third-order valence-electron chi connectivity index (χ3n) is 7.07. The van der Waals surface area contributed by atoms with Crippen molar-refractivity contribution >= 4 is 23.4 Å². The quantitative estimate of drug-likeness (QED) is 0.303. The first-order valence-electron chi connectivity index (χ1n) is 13.2. The van der Waals surface area contributed by atoms with Gasteiger partial charge in [-0.1, -0.05) is 62.1 Å². The Kier molecular flexibility index (Phi) is 9.40. The van der Waals surface area contributed by atoms with Crippen LogP contribution in [-0.4, -0.2) is 45.3 Å². The average Bonchev–Trinajstić information content (AvgIpc) is 3.35. The van der Waals surface area contributed by atoms with Gasteiger partial charge in [0.1, 0.15) is 12.4 Å². The van der Waals surface area contributed by atoms with Crippen LogP contribution in [0.5, 0.6) is 0 Å². The Morgan fingerprint density at radius 2 is 1.81 bits per heavy atom. The molecular weight excluding hydrogens is 489 g/mol. The number of nitrogens with zero attached hydrogens (tertiary/aromatic N) is 3. The number of benzene rings is 2. The normalized spacial score (nSPS) is 13.9. The number of carbonyl (C=O) groups is 2. The van der Waals surface area contributed by atoms with E-state index >= 15 is 0 Å². The number of amides is 2. The Balaban J connectivity index is 1.55. The van der Waals surface area contributed by atoms with E-state index in [2.05, 4.69) is 4.57 Å². The summed E-state index contributed by atoms with van der Waals surface area (Å²) in [5, 5.41) is 0.716. The van der Waals surface area contributed by atoms with Crippen molar-refractivity contribution in [3.8, 4) is 0 Å². The smallest absolute Gasteiger partial charge is 0.254 e. The first-order chi connectivity index (χ1) is 18.0. The van der Waals surface area contributed by atoms with Gasteiger partial charge < -0.3 is 14.4 Å². The van der Waals surface area contributed by atoms with Gasteiger partial charge in [-0.2, -0.15) is 0 Å². The zero-order valence-electron chi connectivity index (χ0n) is 21.4. The molecule has 1 aliphatic rings. The zero-order valence-corrected chi connectivity index (χ0v) is 22.2. The highest BCUT2D eigenvalue weighted by atomic mass is 35.5. The van der Waals surface area contributed by atoms with Crippen molar-refractivity contribution < 1.29 is 14.0 Å². The Bertz CT molecular complexity index is 1200. The topological polar surface area (TPSA) is 45.6 Å². The third kappa shape index (κ3) is 7.01. The van der Waals surface area contributed by atoms with Gasteiger partial charge >= 0.3 is 0 Å². The first-order valence-corrected chi connectivity index (χ1v) is 13.6. The molecule has 37 heavy (non-hydrogen) atoms. The molecule has 0 saturated heterocycles. The van der Waals surface area contributed by atoms with Crippen molar-refractivity contribution in [1.82, 2.24) is 14.4 Å². The van der Waals surface area contributed by atoms with Crippen molar-refractivity contribution in [2.45, 2.75) is 64.6 Å². The van der Waals surface area contributed by atoms with Crippen molar-refractivity contribution in [2.75, 3.05) is 13.1 Å². The molecule has 0 N–H and O–H groups in total. The molecule has 4 rings (SSSR count). The van der Waals surface area contributed by atoms with Gasteiger partial charge in [0.15, 0.2) is 0 Å². The SMILES string of the molecule is CCCN(CC(=O)N(Cc1cccn1Cc1ccccc1Cl)C1CCCCC1)C(=O)c1cccc(F)c1. The van der Waals surface area contributed by atoms with Crippen LogP contribution < -0.4 is 0 Å². The summed E-state index contributed by atoms with van der Waals surface area (Å²) < 4.78 is 15.9. The molecule has 1 saturated carbocycles. The molecule has 0 bridgehead atoms. The highest BCUT2D eigenvalue weighted by Gasteiger charge is 2.29. The van der Waals surface area contributed by atoms with Crippen LogP contribution in [0.4, 0.5) is 4.39 Å². The van der Waals surface area contributed by atoms with Gasteiger partial charge in [0, 0.05) is 41.6 Å². The molecule has 7 heteroatoms. The molecule has 1 aromatic heterocycles. The second-order valence-electron chi connectivity index (χ2n) is 9.77. The molecule has 2 aromatic carbocycles. The second-order valence-corrected chi connectivity index (χ2v) is 10.2. The van der Waals surface area contributed by atoms with Gasteiger partial charge in [0.05, 0.1) is 6.54 Å². The van der Waals surface area contributed by atoms with E-state index in [0.717, 1.165) is 36.9 Å². The van der Waals surface area contributed by atoms with Crippen LogP contribution in [0.2, 0.25) is 5.02 Å². The summed E-state index contributed by atoms with van der Waals surface area (Å²) in [5.41, 5.74) is 2.31. The molecule has 1 fully saturated rings. The molecule has 0 radical (unpaired) electrons. The van der Waals surface area contributed by atoms with E-state index < -0.39 is 5.82 Å². The maximum atomic E-state index is 13.8. The van der Waals surface area contributed by atoms with Crippen LogP contribution in [0.25, 0.3) is 0 Å². The highest BCUT2D eigenvalue weighted by molar-refractivity contribution is 6.31. The van der Waals surface area contributed by atoms with Gasteiger partial charge in [-0.15, -0.1) is 0 Å². The summed E-state index contributed by atoms with van der Waals surface area (Å²) >= 11 is 6.41. The molecule has 0 atom stereocenters. The fraction of sp³-hybridized carbons (Fsp3) is 0.400. The van der Waals surface area contributed by atoms with E-state index in [1.807, 2.05) is 54.4 Å². The summed E-state index contributed by atoms with van der Waals surface area (Å²) in [5.74, 6) is -0.854. The van der Waals surface area contributed by atoms with Crippen LogP contribution >= 0.6 is 11.6 Å². The summed E-state index contributed by atoms with van der Waals surface area (Å²) in [6, 6.07) is 17.6. The van der Waals surface area contributed by atoms with Crippen LogP contribution in [0.1, 0.15) is 67.1 Å². The largest absolute Gasteiger partial charge is 0.345 e. The second kappa shape index (κ2) is 12.9. The van der Waals surface area contributed by atoms with E-state index in [9.17, 15) is 14.0 Å². The van der Waals surface area contributed by atoms with E-state index in [1.165, 1.54) is 24.6 Å². The number of carbonyl (C=O) groups excluding carboxylic acids is 2. The predicted molar refractivity (Wildman–Crippen MR) is 145 cm³/mol. The van der Waals surface area contributed by atoms with Crippen LogP contribution in [0, 0.1) is 5.82 Å². The molecule has 0 aliphatic heterocycles. The zero-order chi connectivity index (χ0) is 26.2. The standard InChI is InChI=1S/C30H35ClFN3O2/c1-2-17-34(30(37)23-11-8-12-25(32)19-23)22-29(36)35(26-13-4-3-5-14-26)21-27-15-9-18-33(27)20-24-10-6-7-16-28(24)31/h6-12,15-16,18-19,26H,2-5,13-14,17,20-22H2,1H3. The lowest BCUT2D eigenvalue weighted by molar-refractivity contribution is -0.135. The molecule has 0 unspecified atom stereocenters. The Hall–Kier alpha value is -3.12. The maximum Gasteiger partial charge on any atom is 0.254 e. The van der Waals surface area contributed by atoms with E-state index in [0.29, 0.717) is 31.1 Å². The van der Waals surface area contributed by atoms with Crippen molar-refractivity contribution in [3.63, 3.8) is 0 Å². The number of aromatic nitrogens is 1. The van der Waals surface area contributed by atoms with Gasteiger partial charge in [-0.25, -0.2) is 4.39 Å². The maximum absolute atomic E-state index is 13.8. The molecular formula is C30H35ClFN3O2. The van der Waals surface area contributed by atoms with Gasteiger partial charge in [0.2, 0.25) is 5.91 Å². The van der Waals surface area contributed by atoms with Crippen LogP contribution in [0.15, 0.2) is 66.9 Å². The summed E-state index contributed by atoms with van der Waals surface area (Å²) in [6.45, 7) is 3.47. The third-order valence-corrected chi connectivity index (χ3v) is 7.44. The summed E-state index contributed by atoms with van der Waals surface area (Å²) in [7, 11) is 0. The van der Waals surface area contributed by atoms with Gasteiger partial charge in [-0.05, 0) is 61.2 Å². The lowest BCUT2D eigenvalue weighted by Crippen LogP contribution is -2.47. The van der Waals surface area contributed by atoms with Crippen molar-refractivity contribution in [1.29, 1.82) is 0 Å². The monoisotopic (exact) mass is 523 g/mol. The van der Waals surface area contributed by atoms with Gasteiger partial charge in [0.25, 0.3) is 5.91 Å². The first kappa shape index (κ1) is 26.9. The van der Waals surface area contributed by atoms with Crippen LogP contribution in [0.3, 0.4) is 0 Å². The van der Waals surface area contributed by atoms with Gasteiger partial charge in [-0.3, -0.25) is 9.59 Å². The lowest BCUT2D eigenvalue weighted by atomic mass is 9.94. The van der Waals surface area contributed by atoms with E-state index in [-0.39, 0.29) is 30.0 Å². The minimum atomic E-state index is -0.461. The number of halogens is 2. The fourth-order valence-corrected chi connectivity index (χ4v) is 5.32. The van der Waals surface area contributed by atoms with E-state index in [1.54, 1.807) is 11.0 Å². The molecule has 1 heterocycles. The number of hydrogen-bond donors (Lipinski definition) is 0. The molecule has 3 aromatic rings. The minimum Gasteiger partial charge on any atom is -0.345 e. The number of rotatable bonds is 10. The van der Waals surface area contributed by atoms with Crippen molar-refractivity contribution in [2.24, 2.45) is 0 Å². The van der Waals surface area contributed by atoms with Crippen molar-refractivity contribution in [3.05, 3.63) is 94.5 Å². The lowest BCUT2D eigenvalue weighted by Gasteiger charge is -2.36. The summed E-state index contributed by atoms with van der Waals surface area (Å²) in [4.78, 5) is 30.5. The minimum absolute atomic E-state index is 0.0229.